The van der Waals surface area contributed by atoms with Crippen molar-refractivity contribution >= 4 is 38.6 Å². The van der Waals surface area contributed by atoms with Gasteiger partial charge in [0.2, 0.25) is 0 Å². The highest BCUT2D eigenvalue weighted by molar-refractivity contribution is 6.16. The van der Waals surface area contributed by atoms with E-state index < -0.39 is 5.41 Å². The molecule has 0 spiro atoms. The van der Waals surface area contributed by atoms with Crippen molar-refractivity contribution in [2.24, 2.45) is 0 Å². The third-order valence-electron chi connectivity index (χ3n) is 12.1. The van der Waals surface area contributed by atoms with Crippen LogP contribution in [0.3, 0.4) is 0 Å². The Morgan fingerprint density at radius 2 is 0.793 bits per heavy atom. The van der Waals surface area contributed by atoms with Crippen LogP contribution >= 0.6 is 0 Å². The number of rotatable bonds is 7. The summed E-state index contributed by atoms with van der Waals surface area (Å²) < 4.78 is 0. The number of benzene rings is 10. The maximum atomic E-state index is 2.55. The summed E-state index contributed by atoms with van der Waals surface area (Å²) in [5.74, 6) is 0. The van der Waals surface area contributed by atoms with E-state index in [4.69, 9.17) is 0 Å². The molecule has 0 atom stereocenters. The van der Waals surface area contributed by atoms with E-state index in [1.54, 1.807) is 0 Å². The smallest absolute Gasteiger partial charge is 0.0714 e. The van der Waals surface area contributed by atoms with Gasteiger partial charge in [0.25, 0.3) is 0 Å². The quantitative estimate of drug-likeness (QED) is 0.147. The molecule has 0 unspecified atom stereocenters. The molecule has 0 amide bonds. The van der Waals surface area contributed by atoms with Crippen LogP contribution in [0.5, 0.6) is 0 Å². The molecule has 0 saturated carbocycles. The lowest BCUT2D eigenvalue weighted by molar-refractivity contribution is 0.768. The molecule has 11 rings (SSSR count). The summed E-state index contributed by atoms with van der Waals surface area (Å²) in [7, 11) is 0. The van der Waals surface area contributed by atoms with Crippen molar-refractivity contribution in [1.82, 2.24) is 0 Å². The Balaban J connectivity index is 1.24. The molecule has 10 aromatic carbocycles. The number of fused-ring (bicyclic) bond motifs is 6. The van der Waals surface area contributed by atoms with Crippen LogP contribution in [0, 0.1) is 0 Å². The molecule has 272 valence electrons. The van der Waals surface area contributed by atoms with E-state index in [0.717, 1.165) is 17.1 Å². The first kappa shape index (κ1) is 33.8. The summed E-state index contributed by atoms with van der Waals surface area (Å²) in [5.41, 5.74) is 15.2. The lowest BCUT2D eigenvalue weighted by Crippen LogP contribution is -2.28. The first-order valence-electron chi connectivity index (χ1n) is 20.1. The highest BCUT2D eigenvalue weighted by Gasteiger charge is 2.47. The van der Waals surface area contributed by atoms with E-state index in [2.05, 4.69) is 241 Å². The Morgan fingerprint density at radius 3 is 1.52 bits per heavy atom. The molecular weight excluding hydrogens is 699 g/mol. The van der Waals surface area contributed by atoms with Crippen molar-refractivity contribution in [1.29, 1.82) is 0 Å². The molecule has 1 aliphatic rings. The van der Waals surface area contributed by atoms with Crippen LogP contribution in [0.25, 0.3) is 54.9 Å². The summed E-state index contributed by atoms with van der Waals surface area (Å²) in [4.78, 5) is 2.55. The summed E-state index contributed by atoms with van der Waals surface area (Å²) in [6.07, 6.45) is 0. The van der Waals surface area contributed by atoms with Crippen molar-refractivity contribution in [2.45, 2.75) is 5.41 Å². The zero-order chi connectivity index (χ0) is 38.5. The fourth-order valence-electron chi connectivity index (χ4n) is 9.65. The summed E-state index contributed by atoms with van der Waals surface area (Å²) >= 11 is 0. The van der Waals surface area contributed by atoms with E-state index in [1.165, 1.54) is 77.2 Å². The second-order valence-electron chi connectivity index (χ2n) is 15.2. The standard InChI is InChI=1S/C57H39N/c1-4-19-40(20-5-1)41-35-37-42(38-36-41)47-27-15-17-33-53(47)58(55-39-43-21-10-11-26-46(43)48-28-12-13-29-49(48)55)54-34-18-32-52-56(54)50-30-14-16-31-51(50)57(52,44-22-6-2-7-23-44)45-24-8-3-9-25-45/h1-39H. The molecule has 0 saturated heterocycles. The van der Waals surface area contributed by atoms with Crippen LogP contribution in [0.2, 0.25) is 0 Å². The van der Waals surface area contributed by atoms with Gasteiger partial charge >= 0.3 is 0 Å². The van der Waals surface area contributed by atoms with Crippen molar-refractivity contribution in [3.8, 4) is 33.4 Å². The van der Waals surface area contributed by atoms with E-state index >= 15 is 0 Å². The number of para-hydroxylation sites is 1. The number of anilines is 3. The van der Waals surface area contributed by atoms with Crippen molar-refractivity contribution in [2.75, 3.05) is 4.90 Å². The number of nitrogens with zero attached hydrogens (tertiary/aromatic N) is 1. The third-order valence-corrected chi connectivity index (χ3v) is 12.1. The molecule has 10 aromatic rings. The molecule has 0 radical (unpaired) electrons. The Kier molecular flexibility index (Phi) is 8.12. The molecule has 0 aliphatic heterocycles. The Bertz CT molecular complexity index is 3050. The van der Waals surface area contributed by atoms with E-state index in [-0.39, 0.29) is 0 Å². The van der Waals surface area contributed by atoms with Gasteiger partial charge in [-0.2, -0.15) is 0 Å². The predicted molar refractivity (Wildman–Crippen MR) is 244 cm³/mol. The van der Waals surface area contributed by atoms with E-state index in [9.17, 15) is 0 Å². The maximum Gasteiger partial charge on any atom is 0.0714 e. The van der Waals surface area contributed by atoms with Gasteiger partial charge < -0.3 is 4.90 Å². The fraction of sp³-hybridized carbons (Fsp3) is 0.0175. The predicted octanol–water partition coefficient (Wildman–Crippen LogP) is 15.2. The summed E-state index contributed by atoms with van der Waals surface area (Å²) in [6.45, 7) is 0. The average Bonchev–Trinajstić information content (AvgIpc) is 3.62. The zero-order valence-electron chi connectivity index (χ0n) is 32.0. The number of hydrogen-bond donors (Lipinski definition) is 0. The van der Waals surface area contributed by atoms with Crippen molar-refractivity contribution in [3.63, 3.8) is 0 Å². The lowest BCUT2D eigenvalue weighted by Gasteiger charge is -2.35. The molecule has 0 N–H and O–H groups in total. The maximum absolute atomic E-state index is 2.55. The first-order valence-corrected chi connectivity index (χ1v) is 20.1. The van der Waals surface area contributed by atoms with Gasteiger partial charge in [-0.05, 0) is 78.9 Å². The second kappa shape index (κ2) is 13.9. The van der Waals surface area contributed by atoms with Crippen LogP contribution in [0.1, 0.15) is 22.3 Å². The molecule has 1 nitrogen and oxygen atoms in total. The number of hydrogen-bond acceptors (Lipinski definition) is 1. The van der Waals surface area contributed by atoms with Crippen LogP contribution in [0.4, 0.5) is 17.1 Å². The Morgan fingerprint density at radius 1 is 0.293 bits per heavy atom. The SMILES string of the molecule is c1ccc(-c2ccc(-c3ccccc3N(c3cccc4c3-c3ccccc3C4(c3ccccc3)c3ccccc3)c3cc4ccccc4c4ccccc34)cc2)cc1. The highest BCUT2D eigenvalue weighted by Crippen LogP contribution is 2.60. The molecule has 1 aliphatic carbocycles. The minimum absolute atomic E-state index is 0.519. The molecule has 58 heavy (non-hydrogen) atoms. The normalized spacial score (nSPS) is 12.6. The molecular formula is C57H39N. The minimum atomic E-state index is -0.519. The van der Waals surface area contributed by atoms with Crippen LogP contribution in [-0.4, -0.2) is 0 Å². The van der Waals surface area contributed by atoms with Crippen molar-refractivity contribution in [3.05, 3.63) is 259 Å². The van der Waals surface area contributed by atoms with E-state index in [0.29, 0.717) is 0 Å². The van der Waals surface area contributed by atoms with Gasteiger partial charge in [0.1, 0.15) is 0 Å². The largest absolute Gasteiger partial charge is 0.309 e. The second-order valence-corrected chi connectivity index (χ2v) is 15.2. The molecule has 0 heterocycles. The monoisotopic (exact) mass is 737 g/mol. The zero-order valence-corrected chi connectivity index (χ0v) is 32.0. The average molecular weight is 738 g/mol. The fourth-order valence-corrected chi connectivity index (χ4v) is 9.65. The summed E-state index contributed by atoms with van der Waals surface area (Å²) in [5, 5.41) is 4.90. The third kappa shape index (κ3) is 5.25. The molecule has 0 bridgehead atoms. The van der Waals surface area contributed by atoms with Crippen LogP contribution in [0.15, 0.2) is 237 Å². The Labute approximate surface area is 339 Å². The van der Waals surface area contributed by atoms with Gasteiger partial charge in [0.15, 0.2) is 0 Å². The van der Waals surface area contributed by atoms with E-state index in [1.807, 2.05) is 0 Å². The van der Waals surface area contributed by atoms with Crippen LogP contribution < -0.4 is 4.90 Å². The topological polar surface area (TPSA) is 3.24 Å². The first-order chi connectivity index (χ1) is 28.8. The minimum Gasteiger partial charge on any atom is -0.309 e. The highest BCUT2D eigenvalue weighted by atomic mass is 15.1. The van der Waals surface area contributed by atoms with Gasteiger partial charge in [-0.15, -0.1) is 0 Å². The van der Waals surface area contributed by atoms with Gasteiger partial charge in [-0.3, -0.25) is 0 Å². The summed E-state index contributed by atoms with van der Waals surface area (Å²) in [6, 6.07) is 86.9. The Hall–Kier alpha value is -7.48. The molecule has 0 aromatic heterocycles. The van der Waals surface area contributed by atoms with Crippen LogP contribution in [-0.2, 0) is 5.41 Å². The van der Waals surface area contributed by atoms with Gasteiger partial charge in [0.05, 0.1) is 22.5 Å². The lowest BCUT2D eigenvalue weighted by atomic mass is 9.68. The molecule has 0 fully saturated rings. The van der Waals surface area contributed by atoms with Gasteiger partial charge in [-0.25, -0.2) is 0 Å². The molecule has 1 heteroatoms. The van der Waals surface area contributed by atoms with Gasteiger partial charge in [0, 0.05) is 16.5 Å². The van der Waals surface area contributed by atoms with Gasteiger partial charge in [-0.1, -0.05) is 218 Å². The van der Waals surface area contributed by atoms with Crippen molar-refractivity contribution < 1.29 is 0 Å².